The summed E-state index contributed by atoms with van der Waals surface area (Å²) in [6, 6.07) is 21.6. The number of phenolic OH excluding ortho intramolecular Hbond substituents is 1. The number of rotatable bonds is 3. The summed E-state index contributed by atoms with van der Waals surface area (Å²) >= 11 is 0. The lowest BCUT2D eigenvalue weighted by Gasteiger charge is -2.14. The van der Waals surface area contributed by atoms with Crippen molar-refractivity contribution in [3.63, 3.8) is 0 Å². The number of nitrogens with zero attached hydrogens (tertiary/aromatic N) is 2. The summed E-state index contributed by atoms with van der Waals surface area (Å²) < 4.78 is 13.3. The number of phenols is 1. The number of hydrogen-bond acceptors (Lipinski definition) is 4. The van der Waals surface area contributed by atoms with Crippen LogP contribution in [0.2, 0.25) is 0 Å². The Balaban J connectivity index is 1.97. The van der Waals surface area contributed by atoms with Crippen LogP contribution in [0, 0.1) is 11.3 Å². The highest BCUT2D eigenvalue weighted by Crippen LogP contribution is 2.40. The minimum atomic E-state index is -1.61. The van der Waals surface area contributed by atoms with E-state index in [1.165, 1.54) is 0 Å². The first-order valence-corrected chi connectivity index (χ1v) is 9.41. The summed E-state index contributed by atoms with van der Waals surface area (Å²) in [6.07, 6.45) is 3.33. The van der Waals surface area contributed by atoms with Gasteiger partial charge in [0.1, 0.15) is 5.75 Å². The van der Waals surface area contributed by atoms with Gasteiger partial charge in [-0.15, -0.1) is 0 Å². The number of aromatic hydroxyl groups is 1. The van der Waals surface area contributed by atoms with Gasteiger partial charge in [0.25, 0.3) is 0 Å². The monoisotopic (exact) mass is 370 g/mol. The Labute approximate surface area is 158 Å². The second-order valence-corrected chi connectivity index (χ2v) is 7.39. The Kier molecular flexibility index (Phi) is 4.41. The van der Waals surface area contributed by atoms with Gasteiger partial charge in [0.05, 0.1) is 27.3 Å². The van der Waals surface area contributed by atoms with Gasteiger partial charge in [0.2, 0.25) is 0 Å². The highest BCUT2D eigenvalue weighted by molar-refractivity contribution is 7.85. The number of benzene rings is 3. The lowest BCUT2D eigenvalue weighted by atomic mass is 10.0. The van der Waals surface area contributed by atoms with Crippen LogP contribution in [0.3, 0.4) is 0 Å². The molecule has 0 spiro atoms. The van der Waals surface area contributed by atoms with Crippen molar-refractivity contribution < 1.29 is 9.32 Å². The maximum absolute atomic E-state index is 13.3. The van der Waals surface area contributed by atoms with Gasteiger partial charge < -0.3 is 5.11 Å². The van der Waals surface area contributed by atoms with Crippen LogP contribution in [0.5, 0.6) is 5.75 Å². The van der Waals surface area contributed by atoms with E-state index in [2.05, 4.69) is 4.98 Å². The molecule has 1 atom stereocenters. The van der Waals surface area contributed by atoms with E-state index >= 15 is 0 Å². The fraction of sp³-hybridized carbons (Fsp3) is 0. The molecule has 1 aromatic heterocycles. The molecule has 27 heavy (non-hydrogen) atoms. The molecule has 1 N–H and O–H groups in total. The summed E-state index contributed by atoms with van der Waals surface area (Å²) in [5.41, 5.74) is 1.83. The first-order chi connectivity index (χ1) is 13.2. The standard InChI is InChI=1S/C22H14N2O2S/c23-13-15-7-9-18(10-8-15)27(26)22-19-6-2-1-4-16(19)12-20(21(22)25)17-5-3-11-24-14-17/h1-12,14,25H. The maximum Gasteiger partial charge on any atom is 0.140 e. The van der Waals surface area contributed by atoms with Crippen LogP contribution < -0.4 is 0 Å². The highest BCUT2D eigenvalue weighted by atomic mass is 32.2. The van der Waals surface area contributed by atoms with Gasteiger partial charge in [-0.25, -0.2) is 4.21 Å². The van der Waals surface area contributed by atoms with Gasteiger partial charge >= 0.3 is 0 Å². The first-order valence-electron chi connectivity index (χ1n) is 8.26. The molecule has 1 unspecified atom stereocenters. The van der Waals surface area contributed by atoms with E-state index in [-0.39, 0.29) is 5.75 Å². The molecule has 0 amide bonds. The Morgan fingerprint density at radius 2 is 1.78 bits per heavy atom. The van der Waals surface area contributed by atoms with Gasteiger partial charge in [-0.1, -0.05) is 30.3 Å². The molecule has 5 heteroatoms. The van der Waals surface area contributed by atoms with Crippen molar-refractivity contribution in [2.45, 2.75) is 9.79 Å². The van der Waals surface area contributed by atoms with Crippen LogP contribution >= 0.6 is 0 Å². The number of pyridine rings is 1. The largest absolute Gasteiger partial charge is 0.506 e. The third kappa shape index (κ3) is 3.07. The molecule has 4 nitrogen and oxygen atoms in total. The Bertz CT molecular complexity index is 1200. The zero-order valence-electron chi connectivity index (χ0n) is 14.2. The highest BCUT2D eigenvalue weighted by Gasteiger charge is 2.20. The number of nitriles is 1. The van der Waals surface area contributed by atoms with Crippen molar-refractivity contribution in [2.24, 2.45) is 0 Å². The van der Waals surface area contributed by atoms with Crippen molar-refractivity contribution in [1.82, 2.24) is 4.98 Å². The summed E-state index contributed by atoms with van der Waals surface area (Å²) in [7, 11) is -1.61. The van der Waals surface area contributed by atoms with E-state index in [0.717, 1.165) is 16.3 Å². The molecule has 130 valence electrons. The molecule has 0 fully saturated rings. The number of aromatic nitrogens is 1. The molecule has 4 rings (SSSR count). The van der Waals surface area contributed by atoms with Crippen LogP contribution in [0.25, 0.3) is 21.9 Å². The normalized spacial score (nSPS) is 11.8. The van der Waals surface area contributed by atoms with Crippen molar-refractivity contribution in [3.05, 3.63) is 84.7 Å². The maximum atomic E-state index is 13.3. The predicted molar refractivity (Wildman–Crippen MR) is 105 cm³/mol. The van der Waals surface area contributed by atoms with Crippen molar-refractivity contribution in [1.29, 1.82) is 5.26 Å². The van der Waals surface area contributed by atoms with Crippen LogP contribution in [-0.2, 0) is 10.8 Å². The Morgan fingerprint density at radius 3 is 2.48 bits per heavy atom. The van der Waals surface area contributed by atoms with Crippen LogP contribution in [-0.4, -0.2) is 14.3 Å². The SMILES string of the molecule is N#Cc1ccc(S(=O)c2c(O)c(-c3cccnc3)cc3ccccc23)cc1. The molecule has 0 saturated carbocycles. The molecule has 0 bridgehead atoms. The third-order valence-electron chi connectivity index (χ3n) is 4.33. The third-order valence-corrected chi connectivity index (χ3v) is 5.82. The molecular weight excluding hydrogens is 356 g/mol. The van der Waals surface area contributed by atoms with E-state index < -0.39 is 10.8 Å². The first kappa shape index (κ1) is 17.0. The van der Waals surface area contributed by atoms with Crippen molar-refractivity contribution >= 4 is 21.6 Å². The Hall–Kier alpha value is -3.49. The molecule has 0 saturated heterocycles. The smallest absolute Gasteiger partial charge is 0.140 e. The van der Waals surface area contributed by atoms with Gasteiger partial charge in [-0.3, -0.25) is 4.98 Å². The molecule has 0 aliphatic carbocycles. The molecule has 1 heterocycles. The van der Waals surface area contributed by atoms with E-state index in [4.69, 9.17) is 5.26 Å². The fourth-order valence-corrected chi connectivity index (χ4v) is 4.29. The second-order valence-electron chi connectivity index (χ2n) is 5.97. The van der Waals surface area contributed by atoms with Gasteiger partial charge in [-0.05, 0) is 41.8 Å². The minimum absolute atomic E-state index is 0.0237. The van der Waals surface area contributed by atoms with Crippen LogP contribution in [0.15, 0.2) is 88.9 Å². The van der Waals surface area contributed by atoms with E-state index in [9.17, 15) is 9.32 Å². The minimum Gasteiger partial charge on any atom is -0.506 e. The summed E-state index contributed by atoms with van der Waals surface area (Å²) in [6.45, 7) is 0. The van der Waals surface area contributed by atoms with Gasteiger partial charge in [-0.2, -0.15) is 5.26 Å². The fourth-order valence-electron chi connectivity index (χ4n) is 3.00. The Morgan fingerprint density at radius 1 is 1.00 bits per heavy atom. The number of hydrogen-bond donors (Lipinski definition) is 1. The van der Waals surface area contributed by atoms with Gasteiger partial charge in [0.15, 0.2) is 0 Å². The zero-order chi connectivity index (χ0) is 18.8. The molecule has 0 aliphatic heterocycles. The second kappa shape index (κ2) is 7.02. The molecular formula is C22H14N2O2S. The van der Waals surface area contributed by atoms with Crippen molar-refractivity contribution in [2.75, 3.05) is 0 Å². The van der Waals surface area contributed by atoms with Crippen LogP contribution in [0.1, 0.15) is 5.56 Å². The molecule has 0 radical (unpaired) electrons. The summed E-state index contributed by atoms with van der Waals surface area (Å²) in [4.78, 5) is 5.00. The molecule has 3 aromatic carbocycles. The topological polar surface area (TPSA) is 74.0 Å². The quantitative estimate of drug-likeness (QED) is 0.570. The van der Waals surface area contributed by atoms with Crippen molar-refractivity contribution in [3.8, 4) is 22.9 Å². The average Bonchev–Trinajstić information content (AvgIpc) is 2.73. The van der Waals surface area contributed by atoms with Crippen LogP contribution in [0.4, 0.5) is 0 Å². The lowest BCUT2D eigenvalue weighted by Crippen LogP contribution is -1.97. The summed E-state index contributed by atoms with van der Waals surface area (Å²) in [5, 5.41) is 21.6. The molecule has 0 aliphatic rings. The van der Waals surface area contributed by atoms with Gasteiger partial charge in [0, 0.05) is 33.8 Å². The van der Waals surface area contributed by atoms with E-state index in [0.29, 0.717) is 20.9 Å². The molecule has 4 aromatic rings. The summed E-state index contributed by atoms with van der Waals surface area (Å²) in [5.74, 6) is -0.0237. The zero-order valence-corrected chi connectivity index (χ0v) is 15.0. The predicted octanol–water partition coefficient (Wildman–Crippen LogP) is 4.65. The average molecular weight is 370 g/mol. The number of fused-ring (bicyclic) bond motifs is 1. The lowest BCUT2D eigenvalue weighted by molar-refractivity contribution is 0.465. The van der Waals surface area contributed by atoms with E-state index in [1.807, 2.05) is 42.5 Å². The van der Waals surface area contributed by atoms with E-state index in [1.54, 1.807) is 42.7 Å².